The Bertz CT molecular complexity index is 427. The van der Waals surface area contributed by atoms with Crippen molar-refractivity contribution in [3.63, 3.8) is 0 Å². The third-order valence-electron chi connectivity index (χ3n) is 2.42. The predicted molar refractivity (Wildman–Crippen MR) is 60.6 cm³/mol. The van der Waals surface area contributed by atoms with Crippen molar-refractivity contribution in [2.45, 2.75) is 18.9 Å². The molecule has 0 spiro atoms. The van der Waals surface area contributed by atoms with Gasteiger partial charge in [0, 0.05) is 11.4 Å². The Balaban J connectivity index is 1.88. The number of rotatable bonds is 3. The summed E-state index contributed by atoms with van der Waals surface area (Å²) in [6, 6.07) is 6.90. The number of halogens is 1. The second-order valence-corrected chi connectivity index (χ2v) is 4.17. The van der Waals surface area contributed by atoms with Gasteiger partial charge in [0.15, 0.2) is 0 Å². The Morgan fingerprint density at radius 2 is 2.12 bits per heavy atom. The van der Waals surface area contributed by atoms with Gasteiger partial charge in [-0.05, 0) is 17.7 Å². The Morgan fingerprint density at radius 3 is 2.71 bits per heavy atom. The minimum absolute atomic E-state index is 0.126. The molecule has 1 saturated heterocycles. The normalized spacial score (nSPS) is 18.9. The van der Waals surface area contributed by atoms with Crippen molar-refractivity contribution >= 4 is 23.5 Å². The molecule has 0 amide bonds. The summed E-state index contributed by atoms with van der Waals surface area (Å²) in [5, 5.41) is 0.612. The zero-order chi connectivity index (χ0) is 12.3. The van der Waals surface area contributed by atoms with E-state index in [2.05, 4.69) is 0 Å². The lowest BCUT2D eigenvalue weighted by Crippen LogP contribution is -2.23. The molecule has 0 aromatic heterocycles. The molecular weight excluding hydrogens is 244 g/mol. The SMILES string of the molecule is O=C(Cc1ccc(Cl)cc1)O[C@H]1CCOC1=O. The Kier molecular flexibility index (Phi) is 3.64. The van der Waals surface area contributed by atoms with Gasteiger partial charge in [-0.2, -0.15) is 0 Å². The second-order valence-electron chi connectivity index (χ2n) is 3.74. The van der Waals surface area contributed by atoms with Crippen LogP contribution in [0.3, 0.4) is 0 Å². The zero-order valence-corrected chi connectivity index (χ0v) is 9.77. The fraction of sp³-hybridized carbons (Fsp3) is 0.333. The van der Waals surface area contributed by atoms with Gasteiger partial charge in [-0.25, -0.2) is 4.79 Å². The van der Waals surface area contributed by atoms with Crippen LogP contribution in [0.1, 0.15) is 12.0 Å². The van der Waals surface area contributed by atoms with Gasteiger partial charge in [0.05, 0.1) is 13.0 Å². The minimum Gasteiger partial charge on any atom is -0.463 e. The van der Waals surface area contributed by atoms with Gasteiger partial charge in [0.25, 0.3) is 0 Å². The number of benzene rings is 1. The lowest BCUT2D eigenvalue weighted by Gasteiger charge is -2.08. The zero-order valence-electron chi connectivity index (χ0n) is 9.02. The lowest BCUT2D eigenvalue weighted by atomic mass is 10.1. The minimum atomic E-state index is -0.741. The van der Waals surface area contributed by atoms with E-state index in [1.807, 2.05) is 0 Å². The smallest absolute Gasteiger partial charge is 0.347 e. The molecule has 4 nitrogen and oxygen atoms in total. The summed E-state index contributed by atoms with van der Waals surface area (Å²) in [5.74, 6) is -0.898. The molecule has 0 bridgehead atoms. The first-order valence-corrected chi connectivity index (χ1v) is 5.63. The largest absolute Gasteiger partial charge is 0.463 e. The quantitative estimate of drug-likeness (QED) is 0.771. The van der Waals surface area contributed by atoms with Crippen LogP contribution in [0.2, 0.25) is 5.02 Å². The summed E-state index contributed by atoms with van der Waals surface area (Å²) in [6.45, 7) is 0.317. The molecule has 0 N–H and O–H groups in total. The number of hydrogen-bond donors (Lipinski definition) is 0. The number of cyclic esters (lactones) is 1. The molecule has 1 aliphatic rings. The highest BCUT2D eigenvalue weighted by atomic mass is 35.5. The highest BCUT2D eigenvalue weighted by Gasteiger charge is 2.29. The fourth-order valence-corrected chi connectivity index (χ4v) is 1.68. The Labute approximate surface area is 103 Å². The number of ether oxygens (including phenoxy) is 2. The van der Waals surface area contributed by atoms with Gasteiger partial charge in [0.1, 0.15) is 0 Å². The van der Waals surface area contributed by atoms with Gasteiger partial charge >= 0.3 is 11.9 Å². The van der Waals surface area contributed by atoms with E-state index < -0.39 is 18.0 Å². The molecule has 1 aromatic rings. The number of hydrogen-bond acceptors (Lipinski definition) is 4. The highest BCUT2D eigenvalue weighted by Crippen LogP contribution is 2.13. The van der Waals surface area contributed by atoms with Crippen molar-refractivity contribution < 1.29 is 19.1 Å². The van der Waals surface area contributed by atoms with E-state index in [0.29, 0.717) is 18.1 Å². The van der Waals surface area contributed by atoms with Crippen molar-refractivity contribution in [2.75, 3.05) is 6.61 Å². The van der Waals surface area contributed by atoms with Crippen LogP contribution in [0, 0.1) is 0 Å². The molecule has 17 heavy (non-hydrogen) atoms. The van der Waals surface area contributed by atoms with Crippen LogP contribution in [-0.2, 0) is 25.5 Å². The first kappa shape index (κ1) is 11.9. The van der Waals surface area contributed by atoms with E-state index in [9.17, 15) is 9.59 Å². The molecule has 0 aliphatic carbocycles. The van der Waals surface area contributed by atoms with Gasteiger partial charge in [-0.15, -0.1) is 0 Å². The van der Waals surface area contributed by atoms with Gasteiger partial charge in [0.2, 0.25) is 6.10 Å². The molecule has 1 aliphatic heterocycles. The van der Waals surface area contributed by atoms with Crippen LogP contribution in [0.5, 0.6) is 0 Å². The number of carbonyl (C=O) groups is 2. The van der Waals surface area contributed by atoms with E-state index >= 15 is 0 Å². The molecule has 1 aromatic carbocycles. The lowest BCUT2D eigenvalue weighted by molar-refractivity contribution is -0.159. The molecule has 1 heterocycles. The average Bonchev–Trinajstić information content (AvgIpc) is 2.68. The second kappa shape index (κ2) is 5.19. The van der Waals surface area contributed by atoms with Gasteiger partial charge in [-0.3, -0.25) is 4.79 Å². The maximum absolute atomic E-state index is 11.5. The molecule has 5 heteroatoms. The number of carbonyl (C=O) groups excluding carboxylic acids is 2. The third kappa shape index (κ3) is 3.20. The van der Waals surface area contributed by atoms with E-state index in [-0.39, 0.29) is 6.42 Å². The summed E-state index contributed by atoms with van der Waals surface area (Å²) in [7, 11) is 0. The van der Waals surface area contributed by atoms with E-state index in [1.54, 1.807) is 24.3 Å². The monoisotopic (exact) mass is 254 g/mol. The first-order chi connectivity index (χ1) is 8.15. The van der Waals surface area contributed by atoms with Crippen LogP contribution in [-0.4, -0.2) is 24.6 Å². The van der Waals surface area contributed by atoms with Crippen molar-refractivity contribution in [3.8, 4) is 0 Å². The van der Waals surface area contributed by atoms with Crippen molar-refractivity contribution in [2.24, 2.45) is 0 Å². The van der Waals surface area contributed by atoms with Crippen molar-refractivity contribution in [1.29, 1.82) is 0 Å². The molecule has 2 rings (SSSR count). The van der Waals surface area contributed by atoms with Crippen LogP contribution < -0.4 is 0 Å². The standard InChI is InChI=1S/C12H11ClO4/c13-9-3-1-8(2-4-9)7-11(14)17-10-5-6-16-12(10)15/h1-4,10H,5-7H2/t10-/m0/s1. The maximum atomic E-state index is 11.5. The number of esters is 2. The summed E-state index contributed by atoms with van der Waals surface area (Å²) < 4.78 is 9.71. The molecule has 1 atom stereocenters. The van der Waals surface area contributed by atoms with Gasteiger partial charge < -0.3 is 9.47 Å². The van der Waals surface area contributed by atoms with Gasteiger partial charge in [-0.1, -0.05) is 23.7 Å². The first-order valence-electron chi connectivity index (χ1n) is 5.26. The molecular formula is C12H11ClO4. The highest BCUT2D eigenvalue weighted by molar-refractivity contribution is 6.30. The van der Waals surface area contributed by atoms with Crippen LogP contribution in [0.25, 0.3) is 0 Å². The van der Waals surface area contributed by atoms with E-state index in [4.69, 9.17) is 21.1 Å². The summed E-state index contributed by atoms with van der Waals surface area (Å²) in [6.07, 6.45) is -0.179. The third-order valence-corrected chi connectivity index (χ3v) is 2.67. The predicted octanol–water partition coefficient (Wildman–Crippen LogP) is 1.74. The topological polar surface area (TPSA) is 52.6 Å². The summed E-state index contributed by atoms with van der Waals surface area (Å²) in [5.41, 5.74) is 0.797. The molecule has 1 fully saturated rings. The summed E-state index contributed by atoms with van der Waals surface area (Å²) in [4.78, 5) is 22.6. The average molecular weight is 255 g/mol. The molecule has 0 radical (unpaired) electrons. The Hall–Kier alpha value is -1.55. The van der Waals surface area contributed by atoms with Crippen LogP contribution >= 0.6 is 11.6 Å². The molecule has 90 valence electrons. The van der Waals surface area contributed by atoms with Crippen LogP contribution in [0.15, 0.2) is 24.3 Å². The molecule has 0 unspecified atom stereocenters. The Morgan fingerprint density at radius 1 is 1.41 bits per heavy atom. The maximum Gasteiger partial charge on any atom is 0.347 e. The van der Waals surface area contributed by atoms with Crippen molar-refractivity contribution in [1.82, 2.24) is 0 Å². The van der Waals surface area contributed by atoms with Crippen LogP contribution in [0.4, 0.5) is 0 Å². The fourth-order valence-electron chi connectivity index (χ4n) is 1.55. The summed E-state index contributed by atoms with van der Waals surface area (Å²) >= 11 is 5.73. The van der Waals surface area contributed by atoms with Crippen molar-refractivity contribution in [3.05, 3.63) is 34.9 Å². The molecule has 0 saturated carbocycles. The van der Waals surface area contributed by atoms with E-state index in [1.165, 1.54) is 0 Å². The van der Waals surface area contributed by atoms with E-state index in [0.717, 1.165) is 5.56 Å².